The number of methoxy groups -OCH3 is 1. The minimum absolute atomic E-state index is 0.00169. The first-order valence-electron chi connectivity index (χ1n) is 8.86. The van der Waals surface area contributed by atoms with Crippen molar-refractivity contribution in [1.29, 1.82) is 0 Å². The fourth-order valence-electron chi connectivity index (χ4n) is 3.01. The minimum Gasteiger partial charge on any atom is -0.463 e. The number of hydrogen-bond donors (Lipinski definition) is 2. The Morgan fingerprint density at radius 3 is 2.52 bits per heavy atom. The van der Waals surface area contributed by atoms with E-state index in [0.29, 0.717) is 11.3 Å². The number of dihydropyridines is 1. The number of allylic oxidation sites excluding steroid dienone is 1. The summed E-state index contributed by atoms with van der Waals surface area (Å²) >= 11 is 0. The van der Waals surface area contributed by atoms with Gasteiger partial charge in [-0.15, -0.1) is 0 Å². The average Bonchev–Trinajstić information content (AvgIpc) is 2.67. The van der Waals surface area contributed by atoms with Crippen molar-refractivity contribution in [1.82, 2.24) is 5.32 Å². The van der Waals surface area contributed by atoms with Crippen molar-refractivity contribution in [2.24, 2.45) is 5.73 Å². The maximum Gasteiger partial charge on any atom is 0.338 e. The number of carbonyl (C=O) groups excluding carboxylic acids is 2. The number of esters is 2. The predicted octanol–water partition coefficient (Wildman–Crippen LogP) is 1.48. The molecule has 156 valence electrons. The highest BCUT2D eigenvalue weighted by Crippen LogP contribution is 2.39. The SMILES string of the molecule is CCOC(=O)C1=C(N)NC(C)=C(C(=O)OCCOC)C1c1cccc([N+](=O)[O-])c1. The number of nitrogens with zero attached hydrogens (tertiary/aromatic N) is 1. The number of nitro benzene ring substituents is 1. The molecular weight excluding hydrogens is 382 g/mol. The summed E-state index contributed by atoms with van der Waals surface area (Å²) in [5, 5.41) is 14.0. The zero-order chi connectivity index (χ0) is 21.6. The number of non-ortho nitro benzene ring substituents is 1. The van der Waals surface area contributed by atoms with Crippen molar-refractivity contribution < 1.29 is 28.7 Å². The highest BCUT2D eigenvalue weighted by atomic mass is 16.6. The monoisotopic (exact) mass is 405 g/mol. The second kappa shape index (κ2) is 9.69. The Labute approximate surface area is 167 Å². The summed E-state index contributed by atoms with van der Waals surface area (Å²) in [5.74, 6) is -2.42. The van der Waals surface area contributed by atoms with Crippen LogP contribution in [0.4, 0.5) is 5.69 Å². The molecule has 1 heterocycles. The molecule has 1 unspecified atom stereocenters. The summed E-state index contributed by atoms with van der Waals surface area (Å²) in [5.41, 5.74) is 6.65. The summed E-state index contributed by atoms with van der Waals surface area (Å²) in [6, 6.07) is 5.65. The molecule has 0 amide bonds. The molecule has 1 aromatic rings. The molecule has 10 heteroatoms. The van der Waals surface area contributed by atoms with Crippen molar-refractivity contribution in [2.75, 3.05) is 26.9 Å². The number of nitrogens with one attached hydrogen (secondary N) is 1. The lowest BCUT2D eigenvalue weighted by Gasteiger charge is -2.29. The van der Waals surface area contributed by atoms with Crippen LogP contribution in [-0.2, 0) is 23.8 Å². The van der Waals surface area contributed by atoms with E-state index in [1.54, 1.807) is 19.9 Å². The molecule has 1 atom stereocenters. The largest absolute Gasteiger partial charge is 0.463 e. The lowest BCUT2D eigenvalue weighted by atomic mass is 9.81. The highest BCUT2D eigenvalue weighted by Gasteiger charge is 2.39. The Hall–Kier alpha value is -3.40. The molecule has 2 rings (SSSR count). The number of carbonyl (C=O) groups is 2. The molecular formula is C19H23N3O7. The minimum atomic E-state index is -0.995. The molecule has 0 aromatic heterocycles. The molecule has 1 aromatic carbocycles. The fraction of sp³-hybridized carbons (Fsp3) is 0.368. The van der Waals surface area contributed by atoms with Gasteiger partial charge in [0, 0.05) is 24.9 Å². The van der Waals surface area contributed by atoms with Crippen LogP contribution >= 0.6 is 0 Å². The van der Waals surface area contributed by atoms with Gasteiger partial charge in [0.25, 0.3) is 5.69 Å². The van der Waals surface area contributed by atoms with Crippen LogP contribution in [0, 0.1) is 10.1 Å². The molecule has 0 bridgehead atoms. The van der Waals surface area contributed by atoms with E-state index in [0.717, 1.165) is 0 Å². The van der Waals surface area contributed by atoms with Crippen LogP contribution in [0.2, 0.25) is 0 Å². The number of ether oxygens (including phenoxy) is 3. The van der Waals surface area contributed by atoms with E-state index in [1.165, 1.54) is 25.3 Å². The summed E-state index contributed by atoms with van der Waals surface area (Å²) < 4.78 is 15.2. The van der Waals surface area contributed by atoms with Crippen LogP contribution in [0.25, 0.3) is 0 Å². The zero-order valence-corrected chi connectivity index (χ0v) is 16.4. The zero-order valence-electron chi connectivity index (χ0n) is 16.4. The maximum atomic E-state index is 12.8. The van der Waals surface area contributed by atoms with Crippen LogP contribution in [0.5, 0.6) is 0 Å². The van der Waals surface area contributed by atoms with Crippen molar-refractivity contribution in [3.8, 4) is 0 Å². The Morgan fingerprint density at radius 1 is 1.21 bits per heavy atom. The number of nitro groups is 1. The summed E-state index contributed by atoms with van der Waals surface area (Å²) in [4.78, 5) is 36.1. The number of rotatable bonds is 8. The van der Waals surface area contributed by atoms with Gasteiger partial charge in [0.2, 0.25) is 0 Å². The van der Waals surface area contributed by atoms with E-state index in [2.05, 4.69) is 5.32 Å². The molecule has 10 nitrogen and oxygen atoms in total. The third-order valence-electron chi connectivity index (χ3n) is 4.24. The van der Waals surface area contributed by atoms with Crippen molar-refractivity contribution >= 4 is 17.6 Å². The van der Waals surface area contributed by atoms with E-state index in [1.807, 2.05) is 0 Å². The fourth-order valence-corrected chi connectivity index (χ4v) is 3.01. The van der Waals surface area contributed by atoms with Crippen LogP contribution < -0.4 is 11.1 Å². The first kappa shape index (κ1) is 21.9. The predicted molar refractivity (Wildman–Crippen MR) is 102 cm³/mol. The van der Waals surface area contributed by atoms with Gasteiger partial charge in [-0.2, -0.15) is 0 Å². The molecule has 29 heavy (non-hydrogen) atoms. The molecule has 0 saturated heterocycles. The smallest absolute Gasteiger partial charge is 0.338 e. The second-order valence-corrected chi connectivity index (χ2v) is 6.13. The van der Waals surface area contributed by atoms with Gasteiger partial charge >= 0.3 is 11.9 Å². The van der Waals surface area contributed by atoms with E-state index >= 15 is 0 Å². The van der Waals surface area contributed by atoms with E-state index in [4.69, 9.17) is 19.9 Å². The Kier molecular flexibility index (Phi) is 7.32. The van der Waals surface area contributed by atoms with Gasteiger partial charge in [0.05, 0.1) is 35.2 Å². The van der Waals surface area contributed by atoms with Crippen LogP contribution in [0.1, 0.15) is 25.3 Å². The number of hydrogen-bond acceptors (Lipinski definition) is 9. The van der Waals surface area contributed by atoms with E-state index in [-0.39, 0.29) is 42.5 Å². The quantitative estimate of drug-likeness (QED) is 0.284. The van der Waals surface area contributed by atoms with Crippen molar-refractivity contribution in [3.63, 3.8) is 0 Å². The average molecular weight is 405 g/mol. The van der Waals surface area contributed by atoms with Gasteiger partial charge in [-0.1, -0.05) is 12.1 Å². The Morgan fingerprint density at radius 2 is 1.90 bits per heavy atom. The number of nitrogens with two attached hydrogens (primary N) is 1. The van der Waals surface area contributed by atoms with Crippen molar-refractivity contribution in [2.45, 2.75) is 19.8 Å². The first-order valence-corrected chi connectivity index (χ1v) is 8.86. The third-order valence-corrected chi connectivity index (χ3v) is 4.24. The lowest BCUT2D eigenvalue weighted by molar-refractivity contribution is -0.384. The number of benzene rings is 1. The van der Waals surface area contributed by atoms with Gasteiger partial charge in [-0.25, -0.2) is 9.59 Å². The second-order valence-electron chi connectivity index (χ2n) is 6.13. The molecule has 0 fully saturated rings. The van der Waals surface area contributed by atoms with Gasteiger partial charge in [0.1, 0.15) is 12.4 Å². The Bertz CT molecular complexity index is 876. The van der Waals surface area contributed by atoms with Crippen LogP contribution in [-0.4, -0.2) is 43.8 Å². The first-order chi connectivity index (χ1) is 13.8. The maximum absolute atomic E-state index is 12.8. The summed E-state index contributed by atoms with van der Waals surface area (Å²) in [6.45, 7) is 3.52. The highest BCUT2D eigenvalue weighted by molar-refractivity contribution is 5.99. The van der Waals surface area contributed by atoms with Crippen LogP contribution in [0.15, 0.2) is 46.9 Å². The molecule has 0 aliphatic carbocycles. The Balaban J connectivity index is 2.59. The molecule has 0 radical (unpaired) electrons. The van der Waals surface area contributed by atoms with Gasteiger partial charge < -0.3 is 25.3 Å². The van der Waals surface area contributed by atoms with Crippen molar-refractivity contribution in [3.05, 3.63) is 62.6 Å². The van der Waals surface area contributed by atoms with Gasteiger partial charge in [-0.3, -0.25) is 10.1 Å². The molecule has 0 spiro atoms. The molecule has 1 aliphatic rings. The summed E-state index contributed by atoms with van der Waals surface area (Å²) in [6.07, 6.45) is 0. The topological polar surface area (TPSA) is 143 Å². The van der Waals surface area contributed by atoms with E-state index in [9.17, 15) is 19.7 Å². The normalized spacial score (nSPS) is 16.3. The standard InChI is InChI=1S/C19H23N3O7/c1-4-28-19(24)16-15(12-6-5-7-13(10-12)22(25)26)14(11(2)21-17(16)20)18(23)29-9-8-27-3/h5-7,10,15,21H,4,8-9,20H2,1-3H3. The van der Waals surface area contributed by atoms with Gasteiger partial charge in [0.15, 0.2) is 0 Å². The lowest BCUT2D eigenvalue weighted by Crippen LogP contribution is -2.36. The summed E-state index contributed by atoms with van der Waals surface area (Å²) in [7, 11) is 1.47. The molecule has 1 aliphatic heterocycles. The molecule has 3 N–H and O–H groups in total. The molecule has 0 saturated carbocycles. The van der Waals surface area contributed by atoms with E-state index < -0.39 is 22.8 Å². The van der Waals surface area contributed by atoms with Crippen LogP contribution in [0.3, 0.4) is 0 Å². The van der Waals surface area contributed by atoms with Gasteiger partial charge in [-0.05, 0) is 19.4 Å². The third kappa shape index (κ3) is 4.91.